The average Bonchev–Trinajstić information content (AvgIpc) is 3.25. The van der Waals surface area contributed by atoms with Gasteiger partial charge in [0.05, 0.1) is 27.7 Å². The van der Waals surface area contributed by atoms with Gasteiger partial charge in [-0.2, -0.15) is 0 Å². The molecule has 0 aliphatic carbocycles. The van der Waals surface area contributed by atoms with Gasteiger partial charge in [0.15, 0.2) is 6.10 Å². The van der Waals surface area contributed by atoms with Crippen molar-refractivity contribution < 1.29 is 42.1 Å². The average molecular weight is 923 g/mol. The highest BCUT2D eigenvalue weighted by molar-refractivity contribution is 7.47. The van der Waals surface area contributed by atoms with Crippen molar-refractivity contribution in [3.05, 3.63) is 48.6 Å². The molecule has 0 saturated heterocycles. The van der Waals surface area contributed by atoms with Crippen molar-refractivity contribution >= 4 is 19.8 Å². The number of carbonyl (C=O) groups excluding carboxylic acids is 2. The van der Waals surface area contributed by atoms with Crippen LogP contribution in [0.15, 0.2) is 48.6 Å². The molecule has 0 bridgehead atoms. The second-order valence-corrected chi connectivity index (χ2v) is 20.4. The van der Waals surface area contributed by atoms with Gasteiger partial charge < -0.3 is 18.9 Å². The van der Waals surface area contributed by atoms with Gasteiger partial charge in [-0.1, -0.05) is 191 Å². The summed E-state index contributed by atoms with van der Waals surface area (Å²) in [5, 5.41) is 0. The Bertz CT molecular complexity index is 1230. The predicted octanol–water partition coefficient (Wildman–Crippen LogP) is 15.8. The lowest BCUT2D eigenvalue weighted by Gasteiger charge is -2.24. The van der Waals surface area contributed by atoms with Crippen LogP contribution in [0.3, 0.4) is 0 Å². The van der Waals surface area contributed by atoms with Gasteiger partial charge in [0.2, 0.25) is 0 Å². The normalized spacial score (nSPS) is 13.8. The third-order valence-corrected chi connectivity index (χ3v) is 12.3. The van der Waals surface area contributed by atoms with Crippen LogP contribution in [0.1, 0.15) is 232 Å². The van der Waals surface area contributed by atoms with Crippen molar-refractivity contribution in [1.29, 1.82) is 0 Å². The zero-order valence-corrected chi connectivity index (χ0v) is 43.2. The summed E-state index contributed by atoms with van der Waals surface area (Å²) in [5.74, 6) is -0.803. The highest BCUT2D eigenvalue weighted by atomic mass is 31.2. The first-order valence-corrected chi connectivity index (χ1v) is 27.9. The molecular formula is C54H101NO8P+. The predicted molar refractivity (Wildman–Crippen MR) is 270 cm³/mol. The maximum Gasteiger partial charge on any atom is 0.472 e. The number of nitrogens with zero attached hydrogens (tertiary/aromatic N) is 1. The van der Waals surface area contributed by atoms with Crippen molar-refractivity contribution in [2.24, 2.45) is 0 Å². The minimum Gasteiger partial charge on any atom is -0.462 e. The van der Waals surface area contributed by atoms with E-state index in [1.54, 1.807) is 0 Å². The van der Waals surface area contributed by atoms with Gasteiger partial charge in [0.25, 0.3) is 0 Å². The summed E-state index contributed by atoms with van der Waals surface area (Å²) in [4.78, 5) is 35.6. The number of hydrogen-bond donors (Lipinski definition) is 1. The smallest absolute Gasteiger partial charge is 0.462 e. The van der Waals surface area contributed by atoms with E-state index in [0.717, 1.165) is 57.8 Å². The van der Waals surface area contributed by atoms with Gasteiger partial charge in [-0.15, -0.1) is 0 Å². The molecule has 9 nitrogen and oxygen atoms in total. The van der Waals surface area contributed by atoms with E-state index in [-0.39, 0.29) is 32.0 Å². The minimum absolute atomic E-state index is 0.0293. The van der Waals surface area contributed by atoms with E-state index in [1.807, 2.05) is 21.1 Å². The van der Waals surface area contributed by atoms with E-state index in [1.165, 1.54) is 141 Å². The zero-order valence-electron chi connectivity index (χ0n) is 42.3. The Morgan fingerprint density at radius 3 is 1.27 bits per heavy atom. The first-order valence-electron chi connectivity index (χ1n) is 26.4. The van der Waals surface area contributed by atoms with Crippen LogP contribution in [0, 0.1) is 0 Å². The van der Waals surface area contributed by atoms with Crippen LogP contribution in [0.4, 0.5) is 0 Å². The molecule has 0 aliphatic heterocycles. The van der Waals surface area contributed by atoms with Crippen molar-refractivity contribution in [3.63, 3.8) is 0 Å². The molecule has 2 atom stereocenters. The van der Waals surface area contributed by atoms with Gasteiger partial charge in [0.1, 0.15) is 19.8 Å². The number of quaternary nitrogens is 1. The summed E-state index contributed by atoms with van der Waals surface area (Å²) in [6, 6.07) is 0. The lowest BCUT2D eigenvalue weighted by atomic mass is 10.1. The number of allylic oxidation sites excluding steroid dienone is 8. The van der Waals surface area contributed by atoms with Gasteiger partial charge in [0, 0.05) is 12.8 Å². The van der Waals surface area contributed by atoms with Crippen molar-refractivity contribution in [1.82, 2.24) is 0 Å². The quantitative estimate of drug-likeness (QED) is 0.0211. The number of phosphoric ester groups is 1. The van der Waals surface area contributed by atoms with E-state index in [2.05, 4.69) is 62.5 Å². The van der Waals surface area contributed by atoms with E-state index < -0.39 is 26.5 Å². The van der Waals surface area contributed by atoms with Gasteiger partial charge in [-0.3, -0.25) is 18.6 Å². The maximum absolute atomic E-state index is 12.8. The van der Waals surface area contributed by atoms with Crippen molar-refractivity contribution in [2.45, 2.75) is 238 Å². The molecule has 0 aromatic carbocycles. The Kier molecular flexibility index (Phi) is 44.6. The van der Waals surface area contributed by atoms with Crippen molar-refractivity contribution in [3.8, 4) is 0 Å². The monoisotopic (exact) mass is 923 g/mol. The maximum atomic E-state index is 12.8. The summed E-state index contributed by atoms with van der Waals surface area (Å²) in [6.45, 7) is 4.40. The standard InChI is InChI=1S/C54H100NO8P/c1-6-8-10-12-14-16-18-20-22-24-26-27-29-31-33-35-37-39-41-43-45-47-54(57)63-52(51-62-64(58,59)61-49-48-55(3,4)5)50-60-53(56)46-44-42-40-38-36-34-32-30-28-25-23-21-19-17-15-13-11-9-7-2/h15,17-18,20-21,23-24,26,52H,6-14,16,19,22,25,27-51H2,1-5H3/p+1/b17-15-,20-18-,23-21-,26-24-. The van der Waals surface area contributed by atoms with Gasteiger partial charge in [-0.25, -0.2) is 4.57 Å². The Morgan fingerprint density at radius 1 is 0.484 bits per heavy atom. The third kappa shape index (κ3) is 49.4. The Labute approximate surface area is 394 Å². The highest BCUT2D eigenvalue weighted by Crippen LogP contribution is 2.43. The first kappa shape index (κ1) is 62.0. The molecule has 64 heavy (non-hydrogen) atoms. The molecule has 0 amide bonds. The van der Waals surface area contributed by atoms with E-state index in [9.17, 15) is 19.0 Å². The number of rotatable bonds is 48. The molecule has 0 fully saturated rings. The second kappa shape index (κ2) is 46.1. The molecule has 0 aliphatic rings. The summed E-state index contributed by atoms with van der Waals surface area (Å²) >= 11 is 0. The molecule has 0 aromatic heterocycles. The SMILES string of the molecule is CCCCC/C=C\C/C=C\CCCCCCCCCCCC(=O)OCC(COP(=O)(O)OCC[N+](C)(C)C)OC(=O)CCCCCCCCCCC/C=C\C/C=C\CCCCCCC. The Hall–Kier alpha value is -2.03. The van der Waals surface area contributed by atoms with Crippen molar-refractivity contribution in [2.75, 3.05) is 47.5 Å². The number of phosphoric acid groups is 1. The summed E-state index contributed by atoms with van der Waals surface area (Å²) in [6.07, 6.45) is 55.8. The second-order valence-electron chi connectivity index (χ2n) is 18.9. The fraction of sp³-hybridized carbons (Fsp3) is 0.815. The number of carbonyl (C=O) groups is 2. The molecule has 0 aromatic rings. The number of likely N-dealkylation sites (N-methyl/N-ethyl adjacent to an activating group) is 1. The van der Waals surface area contributed by atoms with Crippen LogP contribution in [0.25, 0.3) is 0 Å². The summed E-state index contributed by atoms with van der Waals surface area (Å²) in [5.41, 5.74) is 0. The topological polar surface area (TPSA) is 108 Å². The molecule has 10 heteroatoms. The molecule has 0 saturated carbocycles. The summed E-state index contributed by atoms with van der Waals surface area (Å²) < 4.78 is 34.5. The molecular weight excluding hydrogens is 822 g/mol. The Balaban J connectivity index is 4.25. The lowest BCUT2D eigenvalue weighted by Crippen LogP contribution is -2.37. The lowest BCUT2D eigenvalue weighted by molar-refractivity contribution is -0.870. The number of esters is 2. The van der Waals surface area contributed by atoms with E-state index in [0.29, 0.717) is 17.4 Å². The molecule has 0 radical (unpaired) electrons. The van der Waals surface area contributed by atoms with Crippen LogP contribution in [-0.2, 0) is 32.7 Å². The largest absolute Gasteiger partial charge is 0.472 e. The summed E-state index contributed by atoms with van der Waals surface area (Å²) in [7, 11) is 1.47. The number of hydrogen-bond acceptors (Lipinski definition) is 7. The zero-order chi connectivity index (χ0) is 47.1. The van der Waals surface area contributed by atoms with E-state index >= 15 is 0 Å². The third-order valence-electron chi connectivity index (χ3n) is 11.3. The number of ether oxygens (including phenoxy) is 2. The fourth-order valence-electron chi connectivity index (χ4n) is 7.19. The molecule has 0 heterocycles. The van der Waals surface area contributed by atoms with Crippen LogP contribution < -0.4 is 0 Å². The molecule has 1 N–H and O–H groups in total. The number of unbranched alkanes of at least 4 members (excludes halogenated alkanes) is 26. The van der Waals surface area contributed by atoms with Crippen LogP contribution in [0.2, 0.25) is 0 Å². The van der Waals surface area contributed by atoms with Crippen LogP contribution in [0.5, 0.6) is 0 Å². The van der Waals surface area contributed by atoms with E-state index in [4.69, 9.17) is 18.5 Å². The van der Waals surface area contributed by atoms with Crippen LogP contribution >= 0.6 is 7.82 Å². The molecule has 374 valence electrons. The molecule has 2 unspecified atom stereocenters. The first-order chi connectivity index (χ1) is 31.0. The van der Waals surface area contributed by atoms with Gasteiger partial charge >= 0.3 is 19.8 Å². The van der Waals surface area contributed by atoms with Crippen LogP contribution in [-0.4, -0.2) is 74.9 Å². The highest BCUT2D eigenvalue weighted by Gasteiger charge is 2.27. The Morgan fingerprint density at radius 2 is 0.844 bits per heavy atom. The molecule has 0 spiro atoms. The molecule has 0 rings (SSSR count). The fourth-order valence-corrected chi connectivity index (χ4v) is 7.93. The van der Waals surface area contributed by atoms with Gasteiger partial charge in [-0.05, 0) is 77.0 Å². The minimum atomic E-state index is -4.38.